The molecule has 4 nitrogen and oxygen atoms in total. The predicted molar refractivity (Wildman–Crippen MR) is 80.3 cm³/mol. The van der Waals surface area contributed by atoms with Gasteiger partial charge in [0.2, 0.25) is 10.0 Å². The lowest BCUT2D eigenvalue weighted by Gasteiger charge is -2.16. The molecule has 0 atom stereocenters. The number of aliphatic hydroxyl groups is 1. The van der Waals surface area contributed by atoms with Crippen molar-refractivity contribution < 1.29 is 13.5 Å². The maximum atomic E-state index is 12.4. The Labute approximate surface area is 127 Å². The summed E-state index contributed by atoms with van der Waals surface area (Å²) in [7, 11) is -2.05. The van der Waals surface area contributed by atoms with E-state index in [0.717, 1.165) is 4.88 Å². The van der Waals surface area contributed by atoms with E-state index in [0.29, 0.717) is 9.90 Å². The summed E-state index contributed by atoms with van der Waals surface area (Å²) < 4.78 is 26.8. The van der Waals surface area contributed by atoms with Gasteiger partial charge in [0.25, 0.3) is 0 Å². The highest BCUT2D eigenvalue weighted by molar-refractivity contribution is 7.89. The largest absolute Gasteiger partial charge is 0.392 e. The van der Waals surface area contributed by atoms with Gasteiger partial charge in [-0.2, -0.15) is 4.31 Å². The molecule has 0 saturated heterocycles. The molecule has 2 aromatic rings. The molecule has 108 valence electrons. The highest BCUT2D eigenvalue weighted by Gasteiger charge is 2.21. The standard InChI is InChI=1S/C13H14ClNO3S2/c1-15(8-11-5-6-13(14)19-11)20(17,18)12-4-2-3-10(7-12)9-16/h2-7,16H,8-9H2,1H3. The van der Waals surface area contributed by atoms with Crippen LogP contribution in [0.2, 0.25) is 4.34 Å². The summed E-state index contributed by atoms with van der Waals surface area (Å²) in [4.78, 5) is 1.05. The molecule has 0 unspecified atom stereocenters. The Kier molecular flexibility index (Phi) is 4.82. The fourth-order valence-corrected chi connectivity index (χ4v) is 4.17. The summed E-state index contributed by atoms with van der Waals surface area (Å²) >= 11 is 7.19. The van der Waals surface area contributed by atoms with Crippen LogP contribution in [-0.2, 0) is 23.2 Å². The summed E-state index contributed by atoms with van der Waals surface area (Å²) in [6.07, 6.45) is 0. The number of rotatable bonds is 5. The Hall–Kier alpha value is -0.920. The number of nitrogens with zero attached hydrogens (tertiary/aromatic N) is 1. The molecule has 0 amide bonds. The van der Waals surface area contributed by atoms with E-state index in [4.69, 9.17) is 16.7 Å². The van der Waals surface area contributed by atoms with Crippen molar-refractivity contribution in [3.8, 4) is 0 Å². The quantitative estimate of drug-likeness (QED) is 0.916. The van der Waals surface area contributed by atoms with Crippen molar-refractivity contribution in [2.75, 3.05) is 7.05 Å². The zero-order valence-electron chi connectivity index (χ0n) is 10.8. The van der Waals surface area contributed by atoms with Crippen LogP contribution < -0.4 is 0 Å². The van der Waals surface area contributed by atoms with Crippen molar-refractivity contribution in [2.45, 2.75) is 18.0 Å². The maximum absolute atomic E-state index is 12.4. The van der Waals surface area contributed by atoms with Gasteiger partial charge in [-0.15, -0.1) is 11.3 Å². The molecule has 0 aliphatic heterocycles. The molecule has 1 N–H and O–H groups in total. The average molecular weight is 332 g/mol. The van der Waals surface area contributed by atoms with Crippen molar-refractivity contribution in [1.82, 2.24) is 4.31 Å². The summed E-state index contributed by atoms with van der Waals surface area (Å²) in [5.41, 5.74) is 0.568. The second-order valence-corrected chi connectivity index (χ2v) is 8.12. The first-order valence-corrected chi connectivity index (χ1v) is 8.47. The lowest BCUT2D eigenvalue weighted by Crippen LogP contribution is -2.26. The van der Waals surface area contributed by atoms with E-state index in [1.165, 1.54) is 34.8 Å². The number of benzene rings is 1. The van der Waals surface area contributed by atoms with Crippen LogP contribution in [0.15, 0.2) is 41.3 Å². The lowest BCUT2D eigenvalue weighted by atomic mass is 10.2. The second kappa shape index (κ2) is 6.24. The summed E-state index contributed by atoms with van der Waals surface area (Å²) in [6.45, 7) is 0.0800. The molecule has 0 fully saturated rings. The summed E-state index contributed by atoms with van der Waals surface area (Å²) in [6, 6.07) is 9.85. The van der Waals surface area contributed by atoms with Gasteiger partial charge in [-0.1, -0.05) is 23.7 Å². The first-order chi connectivity index (χ1) is 9.43. The SMILES string of the molecule is CN(Cc1ccc(Cl)s1)S(=O)(=O)c1cccc(CO)c1. The molecule has 0 aliphatic carbocycles. The minimum absolute atomic E-state index is 0.175. The Morgan fingerprint density at radius 2 is 2.05 bits per heavy atom. The van der Waals surface area contributed by atoms with Crippen LogP contribution in [-0.4, -0.2) is 24.9 Å². The lowest BCUT2D eigenvalue weighted by molar-refractivity contribution is 0.281. The first-order valence-electron chi connectivity index (χ1n) is 5.84. The number of hydrogen-bond donors (Lipinski definition) is 1. The Morgan fingerprint density at radius 3 is 2.65 bits per heavy atom. The molecule has 1 heterocycles. The number of hydrogen-bond acceptors (Lipinski definition) is 4. The van der Waals surface area contributed by atoms with Gasteiger partial charge in [0.15, 0.2) is 0 Å². The van der Waals surface area contributed by atoms with E-state index < -0.39 is 10.0 Å². The third kappa shape index (κ3) is 3.39. The average Bonchev–Trinajstić information content (AvgIpc) is 2.84. The third-order valence-corrected chi connectivity index (χ3v) is 5.81. The Morgan fingerprint density at radius 1 is 1.30 bits per heavy atom. The minimum atomic E-state index is -3.57. The highest BCUT2D eigenvalue weighted by Crippen LogP contribution is 2.24. The molecule has 7 heteroatoms. The van der Waals surface area contributed by atoms with Crippen molar-refractivity contribution in [3.05, 3.63) is 51.2 Å². The molecule has 0 aliphatic rings. The molecule has 1 aromatic heterocycles. The van der Waals surface area contributed by atoms with Crippen LogP contribution in [0.25, 0.3) is 0 Å². The van der Waals surface area contributed by atoms with Crippen LogP contribution in [0.3, 0.4) is 0 Å². The van der Waals surface area contributed by atoms with E-state index in [-0.39, 0.29) is 18.0 Å². The summed E-state index contributed by atoms with van der Waals surface area (Å²) in [5.74, 6) is 0. The second-order valence-electron chi connectivity index (χ2n) is 4.27. The number of halogens is 1. The van der Waals surface area contributed by atoms with Crippen LogP contribution in [0.4, 0.5) is 0 Å². The number of thiophene rings is 1. The molecule has 0 saturated carbocycles. The van der Waals surface area contributed by atoms with Crippen molar-refractivity contribution in [2.24, 2.45) is 0 Å². The third-order valence-electron chi connectivity index (χ3n) is 2.80. The van der Waals surface area contributed by atoms with Gasteiger partial charge >= 0.3 is 0 Å². The van der Waals surface area contributed by atoms with E-state index in [1.807, 2.05) is 6.07 Å². The van der Waals surface area contributed by atoms with Gasteiger partial charge in [-0.25, -0.2) is 8.42 Å². The van der Waals surface area contributed by atoms with Crippen molar-refractivity contribution in [3.63, 3.8) is 0 Å². The van der Waals surface area contributed by atoms with Gasteiger partial charge in [-0.05, 0) is 29.8 Å². The van der Waals surface area contributed by atoms with Crippen molar-refractivity contribution >= 4 is 33.0 Å². The van der Waals surface area contributed by atoms with Crippen molar-refractivity contribution in [1.29, 1.82) is 0 Å². The van der Waals surface area contributed by atoms with Gasteiger partial charge in [0, 0.05) is 18.5 Å². The molecular formula is C13H14ClNO3S2. The first kappa shape index (κ1) is 15.5. The number of sulfonamides is 1. The van der Waals surface area contributed by atoms with Crippen LogP contribution in [0.5, 0.6) is 0 Å². The minimum Gasteiger partial charge on any atom is -0.392 e. The van der Waals surface area contributed by atoms with E-state index in [1.54, 1.807) is 18.2 Å². The molecule has 2 rings (SSSR count). The highest BCUT2D eigenvalue weighted by atomic mass is 35.5. The fourth-order valence-electron chi connectivity index (χ4n) is 1.73. The molecule has 20 heavy (non-hydrogen) atoms. The Balaban J connectivity index is 2.24. The smallest absolute Gasteiger partial charge is 0.243 e. The van der Waals surface area contributed by atoms with E-state index in [2.05, 4.69) is 0 Å². The van der Waals surface area contributed by atoms with E-state index in [9.17, 15) is 8.42 Å². The van der Waals surface area contributed by atoms with Gasteiger partial charge in [0.05, 0.1) is 15.8 Å². The topological polar surface area (TPSA) is 57.6 Å². The van der Waals surface area contributed by atoms with Crippen LogP contribution in [0.1, 0.15) is 10.4 Å². The zero-order chi connectivity index (χ0) is 14.8. The zero-order valence-corrected chi connectivity index (χ0v) is 13.2. The van der Waals surface area contributed by atoms with Gasteiger partial charge in [-0.3, -0.25) is 0 Å². The van der Waals surface area contributed by atoms with Gasteiger partial charge in [0.1, 0.15) is 0 Å². The normalized spacial score (nSPS) is 12.0. The van der Waals surface area contributed by atoms with E-state index >= 15 is 0 Å². The fraction of sp³-hybridized carbons (Fsp3) is 0.231. The molecule has 1 aromatic carbocycles. The van der Waals surface area contributed by atoms with Crippen LogP contribution >= 0.6 is 22.9 Å². The molecule has 0 spiro atoms. The molecule has 0 bridgehead atoms. The Bertz CT molecular complexity index is 697. The number of aliphatic hydroxyl groups excluding tert-OH is 1. The molecule has 0 radical (unpaired) electrons. The maximum Gasteiger partial charge on any atom is 0.243 e. The van der Waals surface area contributed by atoms with Crippen LogP contribution in [0, 0.1) is 0 Å². The predicted octanol–water partition coefficient (Wildman–Crippen LogP) is 2.71. The monoisotopic (exact) mass is 331 g/mol. The molecular weight excluding hydrogens is 318 g/mol. The summed E-state index contributed by atoms with van der Waals surface area (Å²) in [5, 5.41) is 9.08. The van der Waals surface area contributed by atoms with Gasteiger partial charge < -0.3 is 5.11 Å².